The van der Waals surface area contributed by atoms with Crippen molar-refractivity contribution in [2.45, 2.75) is 85.5 Å². The van der Waals surface area contributed by atoms with E-state index in [-0.39, 0.29) is 5.75 Å². The predicted molar refractivity (Wildman–Crippen MR) is 124 cm³/mol. The van der Waals surface area contributed by atoms with Crippen LogP contribution in [0.4, 0.5) is 0 Å². The summed E-state index contributed by atoms with van der Waals surface area (Å²) in [6, 6.07) is 0. The molecule has 0 aromatic heterocycles. The molecule has 0 aliphatic rings. The molecule has 4 nitrogen and oxygen atoms in total. The molecule has 0 amide bonds. The van der Waals surface area contributed by atoms with Crippen LogP contribution >= 0.6 is 6.83 Å². The molecule has 0 saturated carbocycles. The minimum absolute atomic E-state index is 0.152. The molecule has 0 fully saturated rings. The van der Waals surface area contributed by atoms with Gasteiger partial charge in [0.15, 0.2) is 0 Å². The van der Waals surface area contributed by atoms with Crippen LogP contribution in [0.5, 0.6) is 0 Å². The predicted octanol–water partition coefficient (Wildman–Crippen LogP) is 5.95. The van der Waals surface area contributed by atoms with Gasteiger partial charge in [0.2, 0.25) is 0 Å². The van der Waals surface area contributed by atoms with Crippen molar-refractivity contribution in [2.75, 3.05) is 51.0 Å². The zero-order valence-corrected chi connectivity index (χ0v) is 20.8. The van der Waals surface area contributed by atoms with Gasteiger partial charge in [0, 0.05) is 0 Å². The average molecular weight is 426 g/mol. The molecule has 0 rings (SSSR count). The summed E-state index contributed by atoms with van der Waals surface area (Å²) in [5.41, 5.74) is 0. The van der Waals surface area contributed by atoms with E-state index in [0.717, 1.165) is 82.6 Å². The normalized spacial score (nSPS) is 14.4. The van der Waals surface area contributed by atoms with Crippen LogP contribution in [0, 0.1) is 0 Å². The Morgan fingerprint density at radius 3 is 1.37 bits per heavy atom. The summed E-state index contributed by atoms with van der Waals surface area (Å²) in [5, 5.41) is 0. The van der Waals surface area contributed by atoms with Crippen molar-refractivity contribution in [1.29, 1.82) is 0 Å². The third-order valence-corrected chi connectivity index (χ3v) is 14.8. The van der Waals surface area contributed by atoms with Crippen LogP contribution in [-0.2, 0) is 14.1 Å². The maximum atomic E-state index is 13.1. The van der Waals surface area contributed by atoms with Gasteiger partial charge in [0.1, 0.15) is 0 Å². The standard InChI is InChI=1S/C21H48NO3PS/c1-7-11-17-26(18-12-8-2,19-13-9-3,20-14-10-4)25-27(23,24)21-15-16-22(5)6/h7-21H2,1-6H3. The number of nitrogens with zero attached hydrogens (tertiary/aromatic N) is 1. The van der Waals surface area contributed by atoms with Crippen LogP contribution in [0.3, 0.4) is 0 Å². The summed E-state index contributed by atoms with van der Waals surface area (Å²) in [7, 11) is 0.486. The van der Waals surface area contributed by atoms with Crippen molar-refractivity contribution in [3.8, 4) is 0 Å². The molecular weight excluding hydrogens is 377 g/mol. The molecule has 166 valence electrons. The van der Waals surface area contributed by atoms with E-state index in [1.165, 1.54) is 0 Å². The second-order valence-electron chi connectivity index (χ2n) is 8.66. The Balaban J connectivity index is 5.81. The van der Waals surface area contributed by atoms with E-state index in [4.69, 9.17) is 3.97 Å². The van der Waals surface area contributed by atoms with Crippen molar-refractivity contribution in [3.05, 3.63) is 0 Å². The monoisotopic (exact) mass is 425 g/mol. The summed E-state index contributed by atoms with van der Waals surface area (Å²) in [6.07, 6.45) is 13.4. The fourth-order valence-electron chi connectivity index (χ4n) is 3.97. The first-order chi connectivity index (χ1) is 12.7. The molecule has 0 radical (unpaired) electrons. The average Bonchev–Trinajstić information content (AvgIpc) is 2.61. The van der Waals surface area contributed by atoms with E-state index in [1.807, 2.05) is 19.0 Å². The first-order valence-corrected chi connectivity index (χ1v) is 15.7. The molecule has 0 aliphatic carbocycles. The first-order valence-electron chi connectivity index (χ1n) is 11.3. The molecule has 0 heterocycles. The zero-order chi connectivity index (χ0) is 20.8. The van der Waals surface area contributed by atoms with E-state index in [0.29, 0.717) is 6.42 Å². The van der Waals surface area contributed by atoms with Crippen LogP contribution in [0.15, 0.2) is 0 Å². The van der Waals surface area contributed by atoms with Crippen molar-refractivity contribution in [1.82, 2.24) is 4.90 Å². The SMILES string of the molecule is CCCCP(CCCC)(CCCC)(CCCC)OS(=O)(=O)CCCN(C)C. The summed E-state index contributed by atoms with van der Waals surface area (Å²) >= 11 is 0. The number of hydrogen-bond acceptors (Lipinski definition) is 4. The molecule has 0 aliphatic heterocycles. The summed E-state index contributed by atoms with van der Waals surface area (Å²) in [6.45, 7) is 6.86. The molecule has 0 spiro atoms. The van der Waals surface area contributed by atoms with Gasteiger partial charge < -0.3 is 0 Å². The third kappa shape index (κ3) is 10.6. The Bertz CT molecular complexity index is 436. The van der Waals surface area contributed by atoms with Gasteiger partial charge in [-0.2, -0.15) is 0 Å². The Kier molecular flexibility index (Phi) is 13.7. The summed E-state index contributed by atoms with van der Waals surface area (Å²) < 4.78 is 32.6. The Labute approximate surface area is 171 Å². The number of rotatable bonds is 18. The molecule has 0 N–H and O–H groups in total. The van der Waals surface area contributed by atoms with E-state index < -0.39 is 16.9 Å². The van der Waals surface area contributed by atoms with E-state index in [2.05, 4.69) is 27.7 Å². The number of hydrogen-bond donors (Lipinski definition) is 0. The molecule has 0 aromatic rings. The molecule has 0 bridgehead atoms. The van der Waals surface area contributed by atoms with Gasteiger partial charge in [-0.1, -0.05) is 0 Å². The second-order valence-corrected chi connectivity index (χ2v) is 16.3. The second kappa shape index (κ2) is 13.5. The van der Waals surface area contributed by atoms with Crippen molar-refractivity contribution < 1.29 is 12.4 Å². The quantitative estimate of drug-likeness (QED) is 0.254. The van der Waals surface area contributed by atoms with Crippen LogP contribution in [0.1, 0.15) is 85.5 Å². The molecule has 0 unspecified atom stereocenters. The van der Waals surface area contributed by atoms with Gasteiger partial charge in [0.25, 0.3) is 0 Å². The number of unbranched alkanes of at least 4 members (excludes halogenated alkanes) is 4. The first kappa shape index (κ1) is 27.3. The van der Waals surface area contributed by atoms with Crippen LogP contribution in [-0.4, -0.2) is 64.4 Å². The van der Waals surface area contributed by atoms with Gasteiger partial charge in [-0.3, -0.25) is 0 Å². The zero-order valence-electron chi connectivity index (χ0n) is 19.1. The van der Waals surface area contributed by atoms with Crippen molar-refractivity contribution >= 4 is 16.9 Å². The van der Waals surface area contributed by atoms with Gasteiger partial charge in [-0.15, -0.1) is 0 Å². The summed E-state index contributed by atoms with van der Waals surface area (Å²) in [4.78, 5) is 2.04. The van der Waals surface area contributed by atoms with Gasteiger partial charge in [0.05, 0.1) is 0 Å². The van der Waals surface area contributed by atoms with Crippen molar-refractivity contribution in [3.63, 3.8) is 0 Å². The van der Waals surface area contributed by atoms with Crippen LogP contribution in [0.25, 0.3) is 0 Å². The third-order valence-electron chi connectivity index (χ3n) is 5.63. The van der Waals surface area contributed by atoms with E-state index in [1.54, 1.807) is 0 Å². The summed E-state index contributed by atoms with van der Waals surface area (Å²) in [5.74, 6) is 0.152. The minimum atomic E-state index is -3.48. The van der Waals surface area contributed by atoms with Gasteiger partial charge in [-0.25, -0.2) is 0 Å². The maximum absolute atomic E-state index is 13.1. The topological polar surface area (TPSA) is 46.6 Å². The molecule has 0 atom stereocenters. The molecule has 6 heteroatoms. The van der Waals surface area contributed by atoms with E-state index >= 15 is 0 Å². The van der Waals surface area contributed by atoms with Gasteiger partial charge >= 0.3 is 171 Å². The molecule has 0 aromatic carbocycles. The van der Waals surface area contributed by atoms with Crippen LogP contribution in [0.2, 0.25) is 0 Å². The molecule has 0 saturated heterocycles. The van der Waals surface area contributed by atoms with Gasteiger partial charge in [-0.05, 0) is 0 Å². The Morgan fingerprint density at radius 2 is 1.07 bits per heavy atom. The fraction of sp³-hybridized carbons (Fsp3) is 1.00. The molecule has 27 heavy (non-hydrogen) atoms. The molecular formula is C21H48NO3PS. The Hall–Kier alpha value is 0.300. The fourth-order valence-corrected chi connectivity index (χ4v) is 14.3. The van der Waals surface area contributed by atoms with Crippen molar-refractivity contribution in [2.24, 2.45) is 0 Å². The van der Waals surface area contributed by atoms with Crippen LogP contribution < -0.4 is 0 Å². The van der Waals surface area contributed by atoms with E-state index in [9.17, 15) is 8.42 Å². The Morgan fingerprint density at radius 1 is 0.704 bits per heavy atom.